The van der Waals surface area contributed by atoms with Gasteiger partial charge in [-0.25, -0.2) is 4.79 Å². The number of nitrogens with one attached hydrogen (secondary N) is 2. The summed E-state index contributed by atoms with van der Waals surface area (Å²) in [5.74, 6) is -1.78. The third-order valence-corrected chi connectivity index (χ3v) is 6.41. The van der Waals surface area contributed by atoms with Gasteiger partial charge in [0.25, 0.3) is 0 Å². The molecule has 0 saturated heterocycles. The molecule has 11 nitrogen and oxygen atoms in total. The molecular weight excluding hydrogens is 540 g/mol. The van der Waals surface area contributed by atoms with Crippen LogP contribution in [-0.2, 0) is 28.7 Å². The standard InChI is InChI=1S/C31H50N4O7/c1-9-41-26(37)18-19-33-28(38)27(23-14-11-21(4)12-15-23)35(22(5)13-10-20(2)3)29(39)24(16-17-25(32)36)34-30(40)42-31(6,7)8/h11-12,14-15,20,22,24,27H,9-10,13,16-19H2,1-8H3,(H2,32,36)(H,33,38)(H,34,40). The number of hydrogen-bond donors (Lipinski definition) is 3. The molecule has 4 amide bonds. The molecule has 1 rings (SSSR count). The highest BCUT2D eigenvalue weighted by Gasteiger charge is 2.39. The second kappa shape index (κ2) is 17.4. The van der Waals surface area contributed by atoms with E-state index in [4.69, 9.17) is 15.2 Å². The Labute approximate surface area is 250 Å². The molecule has 0 bridgehead atoms. The number of ether oxygens (including phenoxy) is 2. The van der Waals surface area contributed by atoms with Crippen LogP contribution in [0.2, 0.25) is 0 Å². The highest BCUT2D eigenvalue weighted by molar-refractivity contribution is 5.92. The van der Waals surface area contributed by atoms with Crippen molar-refractivity contribution in [1.29, 1.82) is 0 Å². The van der Waals surface area contributed by atoms with Crippen LogP contribution in [-0.4, -0.2) is 65.5 Å². The summed E-state index contributed by atoms with van der Waals surface area (Å²) >= 11 is 0. The van der Waals surface area contributed by atoms with Crippen LogP contribution in [0.4, 0.5) is 4.79 Å². The molecule has 0 aliphatic rings. The third-order valence-electron chi connectivity index (χ3n) is 6.41. The van der Waals surface area contributed by atoms with E-state index in [1.165, 1.54) is 4.90 Å². The summed E-state index contributed by atoms with van der Waals surface area (Å²) < 4.78 is 10.4. The number of hydrogen-bond acceptors (Lipinski definition) is 7. The summed E-state index contributed by atoms with van der Waals surface area (Å²) in [6, 6.07) is 4.55. The fourth-order valence-electron chi connectivity index (χ4n) is 4.29. The number of nitrogens with two attached hydrogens (primary N) is 1. The quantitative estimate of drug-likeness (QED) is 0.246. The highest BCUT2D eigenvalue weighted by atomic mass is 16.6. The maximum absolute atomic E-state index is 14.3. The van der Waals surface area contributed by atoms with Gasteiger partial charge >= 0.3 is 12.1 Å². The van der Waals surface area contributed by atoms with Crippen LogP contribution in [0, 0.1) is 12.8 Å². The Kier molecular flexibility index (Phi) is 15.0. The van der Waals surface area contributed by atoms with Crippen molar-refractivity contribution in [2.45, 2.75) is 111 Å². The van der Waals surface area contributed by atoms with Crippen molar-refractivity contribution in [3.63, 3.8) is 0 Å². The number of rotatable bonds is 16. The molecule has 0 aromatic heterocycles. The number of benzene rings is 1. The zero-order valence-electron chi connectivity index (χ0n) is 26.5. The van der Waals surface area contributed by atoms with Crippen molar-refractivity contribution >= 4 is 29.8 Å². The molecule has 4 N–H and O–H groups in total. The average molecular weight is 591 g/mol. The number of amides is 4. The van der Waals surface area contributed by atoms with Gasteiger partial charge in [0.2, 0.25) is 17.7 Å². The molecule has 3 atom stereocenters. The van der Waals surface area contributed by atoms with E-state index in [-0.39, 0.29) is 32.4 Å². The second-order valence-electron chi connectivity index (χ2n) is 11.9. The van der Waals surface area contributed by atoms with Gasteiger partial charge in [-0.15, -0.1) is 0 Å². The number of nitrogens with zero attached hydrogens (tertiary/aromatic N) is 1. The number of primary amides is 1. The largest absolute Gasteiger partial charge is 0.466 e. The first-order valence-electron chi connectivity index (χ1n) is 14.7. The minimum atomic E-state index is -1.19. The highest BCUT2D eigenvalue weighted by Crippen LogP contribution is 2.28. The van der Waals surface area contributed by atoms with Gasteiger partial charge in [0, 0.05) is 19.0 Å². The maximum Gasteiger partial charge on any atom is 0.408 e. The molecule has 0 aliphatic carbocycles. The lowest BCUT2D eigenvalue weighted by atomic mass is 9.96. The van der Waals surface area contributed by atoms with Crippen LogP contribution in [0.5, 0.6) is 0 Å². The van der Waals surface area contributed by atoms with E-state index in [9.17, 15) is 24.0 Å². The summed E-state index contributed by atoms with van der Waals surface area (Å²) in [5, 5.41) is 5.38. The predicted molar refractivity (Wildman–Crippen MR) is 160 cm³/mol. The predicted octanol–water partition coefficient (Wildman–Crippen LogP) is 3.92. The molecule has 3 unspecified atom stereocenters. The maximum atomic E-state index is 14.3. The summed E-state index contributed by atoms with van der Waals surface area (Å²) in [6.07, 6.45) is 0.259. The molecule has 0 spiro atoms. The molecule has 0 aliphatic heterocycles. The van der Waals surface area contributed by atoms with Gasteiger partial charge in [-0.1, -0.05) is 43.7 Å². The molecule has 1 aromatic carbocycles. The molecule has 42 heavy (non-hydrogen) atoms. The van der Waals surface area contributed by atoms with Crippen molar-refractivity contribution in [3.05, 3.63) is 35.4 Å². The van der Waals surface area contributed by atoms with Crippen molar-refractivity contribution in [2.75, 3.05) is 13.2 Å². The number of carbonyl (C=O) groups is 5. The second-order valence-corrected chi connectivity index (χ2v) is 11.9. The first-order chi connectivity index (χ1) is 19.5. The van der Waals surface area contributed by atoms with Crippen LogP contribution in [0.3, 0.4) is 0 Å². The Balaban J connectivity index is 3.57. The Morgan fingerprint density at radius 1 is 0.952 bits per heavy atom. The Morgan fingerprint density at radius 2 is 1.57 bits per heavy atom. The first-order valence-corrected chi connectivity index (χ1v) is 14.7. The Bertz CT molecular complexity index is 1050. The molecule has 0 fully saturated rings. The van der Waals surface area contributed by atoms with Gasteiger partial charge in [0.15, 0.2) is 0 Å². The fraction of sp³-hybridized carbons (Fsp3) is 0.645. The third kappa shape index (κ3) is 13.4. The normalized spacial score (nSPS) is 13.5. The summed E-state index contributed by atoms with van der Waals surface area (Å²) in [5.41, 5.74) is 6.10. The zero-order valence-corrected chi connectivity index (χ0v) is 26.5. The van der Waals surface area contributed by atoms with Crippen molar-refractivity contribution in [2.24, 2.45) is 11.7 Å². The van der Waals surface area contributed by atoms with Crippen LogP contribution in [0.1, 0.15) is 97.7 Å². The minimum Gasteiger partial charge on any atom is -0.466 e. The molecule has 1 aromatic rings. The van der Waals surface area contributed by atoms with Gasteiger partial charge < -0.3 is 30.7 Å². The lowest BCUT2D eigenvalue weighted by molar-refractivity contribution is -0.146. The topological polar surface area (TPSA) is 157 Å². The number of alkyl carbamates (subject to hydrolysis) is 1. The van der Waals surface area contributed by atoms with Crippen LogP contribution in [0.15, 0.2) is 24.3 Å². The van der Waals surface area contributed by atoms with E-state index in [2.05, 4.69) is 24.5 Å². The fourth-order valence-corrected chi connectivity index (χ4v) is 4.29. The summed E-state index contributed by atoms with van der Waals surface area (Å²) in [7, 11) is 0. The molecule has 236 valence electrons. The SMILES string of the molecule is CCOC(=O)CCNC(=O)C(c1ccc(C)cc1)N(C(=O)C(CCC(N)=O)NC(=O)OC(C)(C)C)C(C)CCC(C)C. The number of esters is 1. The van der Waals surface area contributed by atoms with Gasteiger partial charge in [-0.3, -0.25) is 19.2 Å². The molecular formula is C31H50N4O7. The summed E-state index contributed by atoms with van der Waals surface area (Å²) in [6.45, 7) is 14.9. The molecule has 0 heterocycles. The van der Waals surface area contributed by atoms with Gasteiger partial charge in [0.05, 0.1) is 13.0 Å². The smallest absolute Gasteiger partial charge is 0.408 e. The van der Waals surface area contributed by atoms with E-state index in [1.54, 1.807) is 39.8 Å². The molecule has 0 radical (unpaired) electrons. The number of carbonyl (C=O) groups excluding carboxylic acids is 5. The van der Waals surface area contributed by atoms with E-state index in [1.807, 2.05) is 26.0 Å². The van der Waals surface area contributed by atoms with E-state index >= 15 is 0 Å². The van der Waals surface area contributed by atoms with E-state index in [0.717, 1.165) is 12.0 Å². The van der Waals surface area contributed by atoms with Gasteiger partial charge in [-0.2, -0.15) is 0 Å². The summed E-state index contributed by atoms with van der Waals surface area (Å²) in [4.78, 5) is 66.0. The minimum absolute atomic E-state index is 0.0176. The van der Waals surface area contributed by atoms with Crippen LogP contribution >= 0.6 is 0 Å². The first kappa shape index (κ1) is 36.4. The lowest BCUT2D eigenvalue weighted by Crippen LogP contribution is -2.55. The van der Waals surface area contributed by atoms with Crippen molar-refractivity contribution < 1.29 is 33.4 Å². The number of aryl methyl sites for hydroxylation is 1. The van der Waals surface area contributed by atoms with Crippen LogP contribution < -0.4 is 16.4 Å². The Morgan fingerprint density at radius 3 is 2.10 bits per heavy atom. The van der Waals surface area contributed by atoms with Crippen molar-refractivity contribution in [3.8, 4) is 0 Å². The molecule has 0 saturated carbocycles. The molecule has 11 heteroatoms. The monoisotopic (exact) mass is 590 g/mol. The van der Waals surface area contributed by atoms with Gasteiger partial charge in [0.1, 0.15) is 17.7 Å². The van der Waals surface area contributed by atoms with Crippen molar-refractivity contribution in [1.82, 2.24) is 15.5 Å². The van der Waals surface area contributed by atoms with E-state index in [0.29, 0.717) is 17.9 Å². The van der Waals surface area contributed by atoms with Crippen LogP contribution in [0.25, 0.3) is 0 Å². The Hall–Kier alpha value is -3.63. The van der Waals surface area contributed by atoms with Gasteiger partial charge in [-0.05, 0) is 72.3 Å². The average Bonchev–Trinajstić information content (AvgIpc) is 2.87. The van der Waals surface area contributed by atoms with E-state index < -0.39 is 53.5 Å². The lowest BCUT2D eigenvalue weighted by Gasteiger charge is -2.39. The zero-order chi connectivity index (χ0) is 32.0.